The fourth-order valence-corrected chi connectivity index (χ4v) is 7.68. The molecule has 2 aliphatic heterocycles. The van der Waals surface area contributed by atoms with Crippen LogP contribution in [0.2, 0.25) is 5.02 Å². The summed E-state index contributed by atoms with van der Waals surface area (Å²) < 4.78 is 82.3. The Labute approximate surface area is 238 Å². The zero-order valence-corrected chi connectivity index (χ0v) is 23.8. The number of sulfone groups is 1. The second-order valence-electron chi connectivity index (χ2n) is 10.5. The highest BCUT2D eigenvalue weighted by Gasteiger charge is 2.51. The van der Waals surface area contributed by atoms with Crippen molar-refractivity contribution in [3.05, 3.63) is 94.5 Å². The molecule has 4 unspecified atom stereocenters. The zero-order valence-electron chi connectivity index (χ0n) is 22.2. The summed E-state index contributed by atoms with van der Waals surface area (Å²) in [5, 5.41) is -1.09. The molecule has 0 aliphatic carbocycles. The molecule has 1 saturated heterocycles. The van der Waals surface area contributed by atoms with Gasteiger partial charge in [-0.2, -0.15) is 0 Å². The first kappa shape index (κ1) is 29.0. The minimum Gasteiger partial charge on any atom is -0.490 e. The van der Waals surface area contributed by atoms with Crippen molar-refractivity contribution < 1.29 is 36.1 Å². The fourth-order valence-electron chi connectivity index (χ4n) is 5.47. The number of hydrogen-bond acceptors (Lipinski definition) is 6. The van der Waals surface area contributed by atoms with E-state index in [1.54, 1.807) is 13.8 Å². The zero-order chi connectivity index (χ0) is 28.5. The average molecular weight is 593 g/mol. The Morgan fingerprint density at radius 1 is 0.950 bits per heavy atom. The van der Waals surface area contributed by atoms with Crippen LogP contribution in [0.3, 0.4) is 0 Å². The minimum absolute atomic E-state index is 0.0517. The molecule has 0 spiro atoms. The molecule has 2 heterocycles. The summed E-state index contributed by atoms with van der Waals surface area (Å²) in [7, 11) is -4.23. The summed E-state index contributed by atoms with van der Waals surface area (Å²) in [4.78, 5) is -0.0517. The van der Waals surface area contributed by atoms with Crippen LogP contribution in [0.25, 0.3) is 0 Å². The number of fused-ring (bicyclic) bond motifs is 1. The first-order valence-electron chi connectivity index (χ1n) is 13.1. The molecule has 3 aromatic rings. The lowest BCUT2D eigenvalue weighted by Crippen LogP contribution is -2.52. The number of hydrogen-bond donors (Lipinski definition) is 0. The normalized spacial score (nSPS) is 24.2. The van der Waals surface area contributed by atoms with Crippen LogP contribution in [0.15, 0.2) is 71.6 Å². The van der Waals surface area contributed by atoms with E-state index in [0.29, 0.717) is 24.7 Å². The van der Waals surface area contributed by atoms with Gasteiger partial charge in [-0.05, 0) is 62.2 Å². The molecule has 10 heteroatoms. The predicted octanol–water partition coefficient (Wildman–Crippen LogP) is 6.52. The van der Waals surface area contributed by atoms with Gasteiger partial charge < -0.3 is 18.9 Å². The van der Waals surface area contributed by atoms with Crippen LogP contribution in [-0.4, -0.2) is 40.1 Å². The van der Waals surface area contributed by atoms with Crippen LogP contribution in [0.1, 0.15) is 36.6 Å². The molecule has 0 N–H and O–H groups in total. The van der Waals surface area contributed by atoms with Gasteiger partial charge in [0.05, 0.1) is 36.4 Å². The summed E-state index contributed by atoms with van der Waals surface area (Å²) in [6.45, 7) is 4.30. The number of rotatable bonds is 8. The van der Waals surface area contributed by atoms with E-state index in [9.17, 15) is 12.8 Å². The van der Waals surface area contributed by atoms with E-state index < -0.39 is 50.4 Å². The largest absolute Gasteiger partial charge is 0.490 e. The summed E-state index contributed by atoms with van der Waals surface area (Å²) in [6.07, 6.45) is -0.0540. The maximum absolute atomic E-state index is 15.4. The molecule has 0 radical (unpaired) electrons. The summed E-state index contributed by atoms with van der Waals surface area (Å²) in [5.74, 6) is -4.32. The Kier molecular flexibility index (Phi) is 8.50. The maximum Gasteiger partial charge on any atom is 0.186 e. The number of ether oxygens (including phenoxy) is 4. The topological polar surface area (TPSA) is 71.1 Å². The molecule has 214 valence electrons. The lowest BCUT2D eigenvalue weighted by atomic mass is 9.80. The van der Waals surface area contributed by atoms with Crippen molar-refractivity contribution in [2.75, 3.05) is 19.8 Å². The minimum atomic E-state index is -4.23. The average Bonchev–Trinajstić information content (AvgIpc) is 2.93. The fraction of sp³-hybridized carbons (Fsp3) is 0.400. The Balaban J connectivity index is 1.48. The highest BCUT2D eigenvalue weighted by molar-refractivity contribution is 7.91. The van der Waals surface area contributed by atoms with Gasteiger partial charge in [0.25, 0.3) is 0 Å². The first-order chi connectivity index (χ1) is 19.1. The standard InChI is InChI=1S/C30H31ClF2O6S/c1-30(2)38-18-22(26(39-30)14-15-36-16-19-6-4-3-5-7-19)23-17-37-28-25(33)13-12-24(32)27(28)29(23)40(34,35)21-10-8-20(31)9-11-21/h3-13,22-23,26,29H,14-18H2,1-2H3. The van der Waals surface area contributed by atoms with Gasteiger partial charge >= 0.3 is 0 Å². The van der Waals surface area contributed by atoms with Gasteiger partial charge in [0.1, 0.15) is 11.1 Å². The number of halogens is 3. The summed E-state index contributed by atoms with van der Waals surface area (Å²) >= 11 is 6.00. The van der Waals surface area contributed by atoms with E-state index in [0.717, 1.165) is 17.7 Å². The molecule has 6 nitrogen and oxygen atoms in total. The van der Waals surface area contributed by atoms with Gasteiger partial charge in [-0.1, -0.05) is 41.9 Å². The Bertz CT molecular complexity index is 1430. The predicted molar refractivity (Wildman–Crippen MR) is 146 cm³/mol. The van der Waals surface area contributed by atoms with Gasteiger partial charge in [0.15, 0.2) is 27.2 Å². The van der Waals surface area contributed by atoms with Crippen molar-refractivity contribution in [2.24, 2.45) is 11.8 Å². The van der Waals surface area contributed by atoms with Crippen LogP contribution in [0.4, 0.5) is 8.78 Å². The van der Waals surface area contributed by atoms with E-state index in [2.05, 4.69) is 0 Å². The summed E-state index contributed by atoms with van der Waals surface area (Å²) in [6, 6.07) is 17.2. The van der Waals surface area contributed by atoms with Crippen molar-refractivity contribution in [1.82, 2.24) is 0 Å². The van der Waals surface area contributed by atoms with Crippen molar-refractivity contribution in [2.45, 2.75) is 48.9 Å². The maximum atomic E-state index is 15.4. The van der Waals surface area contributed by atoms with Crippen LogP contribution in [0.5, 0.6) is 5.75 Å². The highest BCUT2D eigenvalue weighted by Crippen LogP contribution is 2.50. The molecule has 2 aliphatic rings. The Morgan fingerprint density at radius 2 is 1.65 bits per heavy atom. The molecule has 4 atom stereocenters. The third-order valence-corrected chi connectivity index (χ3v) is 9.84. The molecule has 1 fully saturated rings. The summed E-state index contributed by atoms with van der Waals surface area (Å²) in [5.41, 5.74) is 0.700. The molecule has 40 heavy (non-hydrogen) atoms. The molecular weight excluding hydrogens is 562 g/mol. The molecule has 0 saturated carbocycles. The highest BCUT2D eigenvalue weighted by atomic mass is 35.5. The van der Waals surface area contributed by atoms with Crippen LogP contribution in [-0.2, 0) is 30.7 Å². The second kappa shape index (κ2) is 11.7. The van der Waals surface area contributed by atoms with Crippen molar-refractivity contribution >= 4 is 21.4 Å². The van der Waals surface area contributed by atoms with Gasteiger partial charge in [-0.25, -0.2) is 17.2 Å². The SMILES string of the molecule is CC1(C)OCC(C2COc3c(F)ccc(F)c3C2S(=O)(=O)c2ccc(Cl)cc2)C(CCOCc2ccccc2)O1. The van der Waals surface area contributed by atoms with Crippen molar-refractivity contribution in [1.29, 1.82) is 0 Å². The Morgan fingerprint density at radius 3 is 2.38 bits per heavy atom. The quantitative estimate of drug-likeness (QED) is 0.278. The van der Waals surface area contributed by atoms with Gasteiger partial charge in [-0.15, -0.1) is 0 Å². The molecule has 3 aromatic carbocycles. The van der Waals surface area contributed by atoms with Crippen LogP contribution >= 0.6 is 11.6 Å². The lowest BCUT2D eigenvalue weighted by Gasteiger charge is -2.46. The van der Waals surface area contributed by atoms with Crippen molar-refractivity contribution in [3.63, 3.8) is 0 Å². The number of benzene rings is 3. The van der Waals surface area contributed by atoms with Crippen LogP contribution in [0, 0.1) is 23.5 Å². The van der Waals surface area contributed by atoms with E-state index in [-0.39, 0.29) is 29.4 Å². The smallest absolute Gasteiger partial charge is 0.186 e. The monoisotopic (exact) mass is 592 g/mol. The van der Waals surface area contributed by atoms with Crippen molar-refractivity contribution in [3.8, 4) is 5.75 Å². The molecular formula is C30H31ClF2O6S. The first-order valence-corrected chi connectivity index (χ1v) is 15.0. The second-order valence-corrected chi connectivity index (χ2v) is 13.0. The molecule has 0 amide bonds. The van der Waals surface area contributed by atoms with Gasteiger partial charge in [0.2, 0.25) is 0 Å². The van der Waals surface area contributed by atoms with E-state index in [1.165, 1.54) is 24.3 Å². The lowest BCUT2D eigenvalue weighted by molar-refractivity contribution is -0.302. The molecule has 0 bridgehead atoms. The molecule has 5 rings (SSSR count). The van der Waals surface area contributed by atoms with E-state index >= 15 is 4.39 Å². The van der Waals surface area contributed by atoms with Crippen LogP contribution < -0.4 is 4.74 Å². The van der Waals surface area contributed by atoms with Gasteiger partial charge in [-0.3, -0.25) is 0 Å². The third kappa shape index (κ3) is 6.04. The third-order valence-electron chi connectivity index (χ3n) is 7.41. The van der Waals surface area contributed by atoms with E-state index in [1.807, 2.05) is 30.3 Å². The Hall–Kier alpha value is -2.56. The van der Waals surface area contributed by atoms with Gasteiger partial charge in [0, 0.05) is 23.5 Å². The van der Waals surface area contributed by atoms with E-state index in [4.69, 9.17) is 30.5 Å². The molecule has 0 aromatic heterocycles.